The van der Waals surface area contributed by atoms with Gasteiger partial charge in [-0.25, -0.2) is 0 Å². The normalized spacial score (nSPS) is 10.7. The van der Waals surface area contributed by atoms with E-state index in [0.717, 1.165) is 5.56 Å². The van der Waals surface area contributed by atoms with Crippen LogP contribution in [0.4, 0.5) is 0 Å². The number of hydrogen-bond donors (Lipinski definition) is 2. The largest absolute Gasteiger partial charge is 0.481 e. The van der Waals surface area contributed by atoms with Crippen molar-refractivity contribution < 1.29 is 19.8 Å². The van der Waals surface area contributed by atoms with Gasteiger partial charge in [0.05, 0.1) is 6.42 Å². The van der Waals surface area contributed by atoms with Crippen molar-refractivity contribution in [1.82, 2.24) is 4.90 Å². The van der Waals surface area contributed by atoms with Gasteiger partial charge in [-0.1, -0.05) is 29.8 Å². The van der Waals surface area contributed by atoms with E-state index in [0.29, 0.717) is 26.1 Å². The molecule has 0 saturated heterocycles. The van der Waals surface area contributed by atoms with Crippen LogP contribution in [0.15, 0.2) is 24.3 Å². The zero-order valence-corrected chi connectivity index (χ0v) is 11.7. The zero-order chi connectivity index (χ0) is 15.0. The number of hydrogen-bond acceptors (Lipinski definition) is 3. The number of carbonyl (C=O) groups is 2. The highest BCUT2D eigenvalue weighted by atomic mass is 16.4. The van der Waals surface area contributed by atoms with E-state index in [2.05, 4.69) is 0 Å². The summed E-state index contributed by atoms with van der Waals surface area (Å²) in [5.41, 5.74) is 2.29. The molecule has 5 nitrogen and oxygen atoms in total. The molecule has 1 aromatic rings. The molecule has 1 rings (SSSR count). The van der Waals surface area contributed by atoms with Crippen LogP contribution in [0.3, 0.4) is 0 Å². The van der Waals surface area contributed by atoms with Crippen LogP contribution in [0.5, 0.6) is 0 Å². The second-order valence-corrected chi connectivity index (χ2v) is 4.90. The van der Waals surface area contributed by atoms with Gasteiger partial charge in [-0.2, -0.15) is 0 Å². The molecular formula is C15H21NO4. The Bertz CT molecular complexity index is 442. The van der Waals surface area contributed by atoms with E-state index in [1.54, 1.807) is 0 Å². The smallest absolute Gasteiger partial charge is 0.304 e. The van der Waals surface area contributed by atoms with E-state index >= 15 is 0 Å². The number of aryl methyl sites for hydroxylation is 1. The molecule has 5 heteroatoms. The van der Waals surface area contributed by atoms with Gasteiger partial charge in [0.2, 0.25) is 0 Å². The Labute approximate surface area is 118 Å². The first-order chi connectivity index (χ1) is 9.47. The topological polar surface area (TPSA) is 77.8 Å². The molecule has 20 heavy (non-hydrogen) atoms. The first kappa shape index (κ1) is 16.2. The zero-order valence-electron chi connectivity index (χ0n) is 11.7. The van der Waals surface area contributed by atoms with E-state index < -0.39 is 11.9 Å². The maximum atomic E-state index is 10.7. The van der Waals surface area contributed by atoms with Crippen LogP contribution in [0.1, 0.15) is 30.4 Å². The molecule has 0 heterocycles. The number of nitrogens with zero attached hydrogens (tertiary/aromatic N) is 1. The number of aliphatic carboxylic acids is 2. The fourth-order valence-corrected chi connectivity index (χ4v) is 1.93. The fraction of sp³-hybridized carbons (Fsp3) is 0.467. The summed E-state index contributed by atoms with van der Waals surface area (Å²) in [5.74, 6) is -1.66. The molecule has 0 unspecified atom stereocenters. The minimum Gasteiger partial charge on any atom is -0.481 e. The second-order valence-electron chi connectivity index (χ2n) is 4.90. The molecule has 0 bridgehead atoms. The Morgan fingerprint density at radius 2 is 1.60 bits per heavy atom. The van der Waals surface area contributed by atoms with Crippen LogP contribution >= 0.6 is 0 Å². The van der Waals surface area contributed by atoms with Crippen molar-refractivity contribution in [3.8, 4) is 0 Å². The first-order valence-corrected chi connectivity index (χ1v) is 6.69. The highest BCUT2D eigenvalue weighted by Gasteiger charge is 2.09. The van der Waals surface area contributed by atoms with Gasteiger partial charge < -0.3 is 10.2 Å². The van der Waals surface area contributed by atoms with Crippen molar-refractivity contribution in [2.24, 2.45) is 0 Å². The lowest BCUT2D eigenvalue weighted by Gasteiger charge is -2.21. The van der Waals surface area contributed by atoms with Crippen LogP contribution in [-0.2, 0) is 16.1 Å². The van der Waals surface area contributed by atoms with E-state index in [1.165, 1.54) is 5.56 Å². The van der Waals surface area contributed by atoms with Crippen LogP contribution in [0.25, 0.3) is 0 Å². The molecule has 0 aliphatic carbocycles. The highest BCUT2D eigenvalue weighted by molar-refractivity contribution is 5.67. The summed E-state index contributed by atoms with van der Waals surface area (Å²) < 4.78 is 0. The SMILES string of the molecule is Cc1ccc(CN(CCCC(=O)O)CCC(=O)O)cc1. The van der Waals surface area contributed by atoms with Crippen LogP contribution in [0.2, 0.25) is 0 Å². The second kappa shape index (κ2) is 8.32. The summed E-state index contributed by atoms with van der Waals surface area (Å²) in [6.07, 6.45) is 0.706. The molecule has 0 saturated carbocycles. The number of benzene rings is 1. The summed E-state index contributed by atoms with van der Waals surface area (Å²) >= 11 is 0. The maximum absolute atomic E-state index is 10.7. The lowest BCUT2D eigenvalue weighted by molar-refractivity contribution is -0.138. The molecule has 0 radical (unpaired) electrons. The van der Waals surface area contributed by atoms with Crippen molar-refractivity contribution in [2.75, 3.05) is 13.1 Å². The Kier molecular flexibility index (Phi) is 6.73. The Balaban J connectivity index is 2.53. The van der Waals surface area contributed by atoms with E-state index in [9.17, 15) is 9.59 Å². The van der Waals surface area contributed by atoms with Crippen molar-refractivity contribution >= 4 is 11.9 Å². The molecule has 2 N–H and O–H groups in total. The molecule has 110 valence electrons. The molecule has 0 fully saturated rings. The highest BCUT2D eigenvalue weighted by Crippen LogP contribution is 2.08. The van der Waals surface area contributed by atoms with Gasteiger partial charge in [0.15, 0.2) is 0 Å². The van der Waals surface area contributed by atoms with Crippen LogP contribution in [0, 0.1) is 6.92 Å². The van der Waals surface area contributed by atoms with Crippen LogP contribution in [-0.4, -0.2) is 40.1 Å². The minimum absolute atomic E-state index is 0.0684. The van der Waals surface area contributed by atoms with Gasteiger partial charge in [0.1, 0.15) is 0 Å². The quantitative estimate of drug-likeness (QED) is 0.724. The maximum Gasteiger partial charge on any atom is 0.304 e. The minimum atomic E-state index is -0.836. The van der Waals surface area contributed by atoms with Crippen LogP contribution < -0.4 is 0 Å². The van der Waals surface area contributed by atoms with Crippen molar-refractivity contribution in [2.45, 2.75) is 32.7 Å². The molecule has 0 aromatic heterocycles. The van der Waals surface area contributed by atoms with Gasteiger partial charge >= 0.3 is 11.9 Å². The summed E-state index contributed by atoms with van der Waals surface area (Å²) in [7, 11) is 0. The van der Waals surface area contributed by atoms with Crippen molar-refractivity contribution in [3.63, 3.8) is 0 Å². The number of carboxylic acids is 2. The van der Waals surface area contributed by atoms with Gasteiger partial charge in [-0.3, -0.25) is 14.5 Å². The first-order valence-electron chi connectivity index (χ1n) is 6.69. The van der Waals surface area contributed by atoms with Gasteiger partial charge in [-0.15, -0.1) is 0 Å². The standard InChI is InChI=1S/C15H21NO4/c1-12-4-6-13(7-5-12)11-16(10-8-15(19)20)9-2-3-14(17)18/h4-7H,2-3,8-11H2,1H3,(H,17,18)(H,19,20). The molecule has 0 aliphatic rings. The van der Waals surface area contributed by atoms with E-state index in [4.69, 9.17) is 10.2 Å². The lowest BCUT2D eigenvalue weighted by Crippen LogP contribution is -2.27. The molecule has 0 amide bonds. The predicted octanol–water partition coefficient (Wildman–Crippen LogP) is 2.14. The Morgan fingerprint density at radius 1 is 1.00 bits per heavy atom. The molecule has 1 aromatic carbocycles. The third-order valence-corrected chi connectivity index (χ3v) is 3.03. The van der Waals surface area contributed by atoms with Gasteiger partial charge in [0, 0.05) is 19.5 Å². The van der Waals surface area contributed by atoms with Gasteiger partial charge in [-0.05, 0) is 25.5 Å². The predicted molar refractivity (Wildman–Crippen MR) is 75.6 cm³/mol. The molecule has 0 aliphatic heterocycles. The fourth-order valence-electron chi connectivity index (χ4n) is 1.93. The Morgan fingerprint density at radius 3 is 2.15 bits per heavy atom. The third kappa shape index (κ3) is 6.89. The summed E-state index contributed by atoms with van der Waals surface area (Å²) in [6, 6.07) is 8.06. The van der Waals surface area contributed by atoms with E-state index in [-0.39, 0.29) is 12.8 Å². The van der Waals surface area contributed by atoms with Gasteiger partial charge in [0.25, 0.3) is 0 Å². The summed E-state index contributed by atoms with van der Waals surface area (Å²) in [6.45, 7) is 3.68. The summed E-state index contributed by atoms with van der Waals surface area (Å²) in [4.78, 5) is 23.2. The average molecular weight is 279 g/mol. The molecule has 0 atom stereocenters. The average Bonchev–Trinajstić information content (AvgIpc) is 2.37. The Hall–Kier alpha value is -1.88. The third-order valence-electron chi connectivity index (χ3n) is 3.03. The monoisotopic (exact) mass is 279 g/mol. The number of rotatable bonds is 9. The number of carboxylic acid groups (broad SMARTS) is 2. The molecular weight excluding hydrogens is 258 g/mol. The van der Waals surface area contributed by atoms with E-state index in [1.807, 2.05) is 36.1 Å². The molecule has 0 spiro atoms. The van der Waals surface area contributed by atoms with Crippen molar-refractivity contribution in [1.29, 1.82) is 0 Å². The summed E-state index contributed by atoms with van der Waals surface area (Å²) in [5, 5.41) is 17.4. The van der Waals surface area contributed by atoms with Crippen molar-refractivity contribution in [3.05, 3.63) is 35.4 Å². The lowest BCUT2D eigenvalue weighted by atomic mass is 10.1.